The van der Waals surface area contributed by atoms with Crippen molar-refractivity contribution in [3.05, 3.63) is 63.8 Å². The van der Waals surface area contributed by atoms with Crippen LogP contribution in [0, 0.1) is 24.7 Å². The molecule has 266 valence electrons. The van der Waals surface area contributed by atoms with Crippen LogP contribution in [-0.4, -0.2) is 77.1 Å². The average Bonchev–Trinajstić information content (AvgIpc) is 3.70. The number of carbonyl (C=O) groups excluding carboxylic acids is 1. The van der Waals surface area contributed by atoms with Crippen molar-refractivity contribution in [3.8, 4) is 5.75 Å². The molecule has 0 amide bonds. The Kier molecular flexibility index (Phi) is 11.5. The number of benzene rings is 2. The van der Waals surface area contributed by atoms with Crippen molar-refractivity contribution in [3.63, 3.8) is 0 Å². The average molecular weight is 726 g/mol. The van der Waals surface area contributed by atoms with E-state index in [1.807, 2.05) is 43.3 Å². The maximum atomic E-state index is 13.0. The molecule has 3 N–H and O–H groups in total. The number of carboxylic acid groups (broad SMARTS) is 1. The molecular weight excluding hydrogens is 674 g/mol. The Bertz CT molecular complexity index is 1780. The first-order chi connectivity index (χ1) is 22.8. The molecule has 0 spiro atoms. The van der Waals surface area contributed by atoms with E-state index in [-0.39, 0.29) is 23.5 Å². The summed E-state index contributed by atoms with van der Waals surface area (Å²) in [7, 11) is 1.68. The fourth-order valence-corrected chi connectivity index (χ4v) is 10.6. The van der Waals surface area contributed by atoms with Crippen LogP contribution in [0.5, 0.6) is 5.75 Å². The smallest absolute Gasteiger partial charge is 0.345 e. The summed E-state index contributed by atoms with van der Waals surface area (Å²) in [6, 6.07) is 16.1. The van der Waals surface area contributed by atoms with Crippen molar-refractivity contribution in [1.82, 2.24) is 9.80 Å². The third-order valence-corrected chi connectivity index (χ3v) is 14.0. The summed E-state index contributed by atoms with van der Waals surface area (Å²) < 4.78 is 7.46. The summed E-state index contributed by atoms with van der Waals surface area (Å²) in [6.07, 6.45) is 5.84. The van der Waals surface area contributed by atoms with E-state index in [2.05, 4.69) is 43.6 Å². The number of hydrogen-bond acceptors (Lipinski definition) is 8. The van der Waals surface area contributed by atoms with Crippen LogP contribution in [0.1, 0.15) is 84.7 Å². The SMILES string of the molecule is CC1(C)[C@H](N)C2CCN1CC2.COc1ccc2cc(C(=O)C[C@@H]3C4CCN(CC4)C3(C)C)sc2c1.Cc1ccc2cc(C(=O)O)sc2c1.Cl. The zero-order valence-corrected chi connectivity index (χ0v) is 32.1. The number of methoxy groups -OCH3 is 1. The molecular formula is C39H52ClN3O4S2. The number of fused-ring (bicyclic) bond motifs is 8. The molecule has 0 saturated carbocycles. The summed E-state index contributed by atoms with van der Waals surface area (Å²) in [5.41, 5.74) is 7.73. The van der Waals surface area contributed by atoms with E-state index < -0.39 is 5.97 Å². The Labute approximate surface area is 305 Å². The lowest BCUT2D eigenvalue weighted by atomic mass is 9.65. The van der Waals surface area contributed by atoms with Gasteiger partial charge in [-0.05, 0) is 157 Å². The van der Waals surface area contributed by atoms with Crippen molar-refractivity contribution in [2.45, 2.75) is 83.8 Å². The highest BCUT2D eigenvalue weighted by Gasteiger charge is 2.48. The van der Waals surface area contributed by atoms with Crippen LogP contribution < -0.4 is 10.5 Å². The van der Waals surface area contributed by atoms with Crippen molar-refractivity contribution in [1.29, 1.82) is 0 Å². The van der Waals surface area contributed by atoms with Gasteiger partial charge in [0.1, 0.15) is 10.6 Å². The molecule has 6 aliphatic rings. The van der Waals surface area contributed by atoms with E-state index in [0.717, 1.165) is 42.3 Å². The summed E-state index contributed by atoms with van der Waals surface area (Å²) in [5.74, 6) is 2.30. The molecule has 2 aromatic carbocycles. The van der Waals surface area contributed by atoms with Gasteiger partial charge in [0.05, 0.1) is 12.0 Å². The molecule has 0 unspecified atom stereocenters. The van der Waals surface area contributed by atoms with Crippen molar-refractivity contribution in [2.24, 2.45) is 23.5 Å². The molecule has 6 fully saturated rings. The van der Waals surface area contributed by atoms with Crippen LogP contribution in [0.4, 0.5) is 0 Å². The van der Waals surface area contributed by atoms with Crippen LogP contribution in [0.2, 0.25) is 0 Å². The predicted octanol–water partition coefficient (Wildman–Crippen LogP) is 8.75. The summed E-state index contributed by atoms with van der Waals surface area (Å²) in [4.78, 5) is 30.0. The molecule has 2 aromatic heterocycles. The molecule has 0 radical (unpaired) electrons. The van der Waals surface area contributed by atoms with Crippen molar-refractivity contribution < 1.29 is 19.4 Å². The Balaban J connectivity index is 0.000000158. The zero-order valence-electron chi connectivity index (χ0n) is 29.7. The maximum absolute atomic E-state index is 13.0. The Hall–Kier alpha value is -2.53. The number of rotatable bonds is 5. The zero-order chi connectivity index (χ0) is 34.4. The molecule has 6 saturated heterocycles. The molecule has 4 bridgehead atoms. The monoisotopic (exact) mass is 725 g/mol. The normalized spacial score (nSPS) is 27.3. The van der Waals surface area contributed by atoms with Crippen LogP contribution >= 0.6 is 35.1 Å². The fraction of sp³-hybridized carbons (Fsp3) is 0.538. The first kappa shape index (κ1) is 37.7. The predicted molar refractivity (Wildman–Crippen MR) is 206 cm³/mol. The van der Waals surface area contributed by atoms with E-state index in [1.54, 1.807) is 24.5 Å². The number of ketones is 1. The number of nitrogens with zero attached hydrogens (tertiary/aromatic N) is 2. The highest BCUT2D eigenvalue weighted by molar-refractivity contribution is 7.21. The van der Waals surface area contributed by atoms with Crippen LogP contribution in [-0.2, 0) is 0 Å². The first-order valence-corrected chi connectivity index (χ1v) is 19.0. The Morgan fingerprint density at radius 1 is 0.816 bits per heavy atom. The number of carbonyl (C=O) groups is 2. The van der Waals surface area contributed by atoms with Gasteiger partial charge in [0.2, 0.25) is 0 Å². The summed E-state index contributed by atoms with van der Waals surface area (Å²) in [5, 5.41) is 10.9. The van der Waals surface area contributed by atoms with Gasteiger partial charge >= 0.3 is 5.97 Å². The highest BCUT2D eigenvalue weighted by Crippen LogP contribution is 2.46. The van der Waals surface area contributed by atoms with E-state index in [4.69, 9.17) is 15.6 Å². The van der Waals surface area contributed by atoms with Gasteiger partial charge in [-0.3, -0.25) is 14.6 Å². The van der Waals surface area contributed by atoms with Gasteiger partial charge in [-0.15, -0.1) is 35.1 Å². The van der Waals surface area contributed by atoms with Gasteiger partial charge in [-0.25, -0.2) is 4.79 Å². The van der Waals surface area contributed by atoms with Gasteiger partial charge in [0.15, 0.2) is 5.78 Å². The van der Waals surface area contributed by atoms with Crippen LogP contribution in [0.15, 0.2) is 48.5 Å². The minimum atomic E-state index is -0.848. The quantitative estimate of drug-likeness (QED) is 0.199. The van der Waals surface area contributed by atoms with Crippen LogP contribution in [0.25, 0.3) is 20.2 Å². The van der Waals surface area contributed by atoms with Crippen molar-refractivity contribution in [2.75, 3.05) is 33.3 Å². The topological polar surface area (TPSA) is 96.1 Å². The van der Waals surface area contributed by atoms with Gasteiger partial charge in [-0.1, -0.05) is 12.1 Å². The van der Waals surface area contributed by atoms with Crippen molar-refractivity contribution >= 4 is 67.0 Å². The largest absolute Gasteiger partial charge is 0.497 e. The van der Waals surface area contributed by atoms with Gasteiger partial charge in [0, 0.05) is 32.9 Å². The Morgan fingerprint density at radius 2 is 1.35 bits per heavy atom. The summed E-state index contributed by atoms with van der Waals surface area (Å²) >= 11 is 2.92. The number of Topliss-reactive ketones (excluding diaryl/α,β-unsaturated/α-hetero) is 1. The second kappa shape index (κ2) is 15.0. The van der Waals surface area contributed by atoms with Gasteiger partial charge in [-0.2, -0.15) is 0 Å². The third-order valence-electron chi connectivity index (χ3n) is 11.8. The molecule has 10 rings (SSSR count). The molecule has 6 aliphatic heterocycles. The summed E-state index contributed by atoms with van der Waals surface area (Å²) in [6.45, 7) is 16.1. The molecule has 0 aliphatic carbocycles. The van der Waals surface area contributed by atoms with E-state index >= 15 is 0 Å². The minimum absolute atomic E-state index is 0. The van der Waals surface area contributed by atoms with Crippen LogP contribution in [0.3, 0.4) is 0 Å². The number of aromatic carboxylic acids is 1. The minimum Gasteiger partial charge on any atom is -0.497 e. The molecule has 7 nitrogen and oxygen atoms in total. The lowest BCUT2D eigenvalue weighted by Gasteiger charge is -2.56. The number of nitrogens with two attached hydrogens (primary N) is 1. The number of halogens is 1. The second-order valence-electron chi connectivity index (χ2n) is 15.2. The molecule has 49 heavy (non-hydrogen) atoms. The first-order valence-electron chi connectivity index (χ1n) is 17.4. The Morgan fingerprint density at radius 3 is 1.88 bits per heavy atom. The number of aryl methyl sites for hydroxylation is 1. The number of thiophene rings is 2. The molecule has 8 heterocycles. The van der Waals surface area contributed by atoms with E-state index in [9.17, 15) is 9.59 Å². The number of carboxylic acids is 1. The standard InChI is InChI=1S/C20H25NO2S.C10H8O2S.C9H18N2.ClH/c1-20(2)16(13-6-8-21(20)9-7-13)12-17(22)19-10-14-4-5-15(23-3)11-18(14)24-19;1-6-2-3-7-5-9(10(11)12)13-8(7)4-6;1-9(2)8(10)7-3-5-11(9)6-4-7;/h4-5,10-11,13,16H,6-9,12H2,1-3H3;2-5H,1H3,(H,11,12);7-8H,3-6,10H2,1-2H3;1H/t16-;;8-;/m1.1./s1. The number of piperidine rings is 6. The number of ether oxygens (including phenoxy) is 1. The second-order valence-corrected chi connectivity index (χ2v) is 17.4. The lowest BCUT2D eigenvalue weighted by molar-refractivity contribution is -0.0643. The molecule has 4 aromatic rings. The third kappa shape index (κ3) is 7.72. The van der Waals surface area contributed by atoms with E-state index in [0.29, 0.717) is 35.0 Å². The highest BCUT2D eigenvalue weighted by atomic mass is 35.5. The van der Waals surface area contributed by atoms with Gasteiger partial charge < -0.3 is 15.6 Å². The van der Waals surface area contributed by atoms with Gasteiger partial charge in [0.25, 0.3) is 0 Å². The molecule has 2 atom stereocenters. The van der Waals surface area contributed by atoms with E-state index in [1.165, 1.54) is 63.2 Å². The number of hydrogen-bond donors (Lipinski definition) is 2. The maximum Gasteiger partial charge on any atom is 0.345 e. The molecule has 10 heteroatoms. The lowest BCUT2D eigenvalue weighted by Crippen LogP contribution is -2.67. The fourth-order valence-electron chi connectivity index (χ4n) is 8.55.